The summed E-state index contributed by atoms with van der Waals surface area (Å²) in [7, 11) is 3.57. The van der Waals surface area contributed by atoms with Crippen LogP contribution in [0.25, 0.3) is 0 Å². The van der Waals surface area contributed by atoms with E-state index in [1.165, 1.54) is 0 Å². The molecule has 0 aliphatic carbocycles. The van der Waals surface area contributed by atoms with Gasteiger partial charge in [-0.15, -0.1) is 5.43 Å². The zero-order valence-corrected chi connectivity index (χ0v) is 14.2. The number of hydrazine groups is 1. The third-order valence-corrected chi connectivity index (χ3v) is 5.18. The maximum atomic E-state index is 13.0. The fraction of sp³-hybridized carbons (Fsp3) is 0.222. The lowest BCUT2D eigenvalue weighted by Gasteiger charge is -2.47. The Balaban J connectivity index is 2.10. The molecule has 7 nitrogen and oxygen atoms in total. The van der Waals surface area contributed by atoms with E-state index in [2.05, 4.69) is 15.8 Å². The van der Waals surface area contributed by atoms with E-state index in [-0.39, 0.29) is 6.03 Å². The van der Waals surface area contributed by atoms with Gasteiger partial charge >= 0.3 is 12.0 Å². The fourth-order valence-electron chi connectivity index (χ4n) is 4.04. The minimum Gasteiger partial charge on any atom is -0.297 e. The first-order valence-electron chi connectivity index (χ1n) is 8.10. The van der Waals surface area contributed by atoms with Crippen LogP contribution >= 0.6 is 0 Å². The van der Waals surface area contributed by atoms with Crippen LogP contribution in [0.15, 0.2) is 60.7 Å². The third-order valence-electron chi connectivity index (χ3n) is 5.18. The molecule has 0 aromatic heterocycles. The summed E-state index contributed by atoms with van der Waals surface area (Å²) in [5, 5.41) is 0. The summed E-state index contributed by atoms with van der Waals surface area (Å²) in [4.78, 5) is 19.8. The Morgan fingerprint density at radius 2 is 1.48 bits per heavy atom. The lowest BCUT2D eigenvalue weighted by molar-refractivity contribution is -0.620. The van der Waals surface area contributed by atoms with Gasteiger partial charge in [-0.1, -0.05) is 60.7 Å². The van der Waals surface area contributed by atoms with Crippen molar-refractivity contribution in [3.05, 3.63) is 71.8 Å². The summed E-state index contributed by atoms with van der Waals surface area (Å²) in [6, 6.07) is 19.6. The van der Waals surface area contributed by atoms with Gasteiger partial charge in [-0.3, -0.25) is 15.5 Å². The van der Waals surface area contributed by atoms with Crippen LogP contribution in [0.5, 0.6) is 0 Å². The number of urea groups is 1. The van der Waals surface area contributed by atoms with E-state index in [0.717, 1.165) is 11.1 Å². The predicted molar refractivity (Wildman–Crippen MR) is 93.6 cm³/mol. The first kappa shape index (κ1) is 15.5. The molecule has 2 aromatic rings. The molecule has 5 N–H and O–H groups in total. The lowest BCUT2D eigenvalue weighted by atomic mass is 9.80. The quantitative estimate of drug-likeness (QED) is 0.577. The number of benzene rings is 2. The second-order valence-corrected chi connectivity index (χ2v) is 6.34. The first-order valence-corrected chi connectivity index (χ1v) is 8.10. The zero-order valence-electron chi connectivity index (χ0n) is 14.2. The number of nitrogens with one attached hydrogen (secondary N) is 3. The van der Waals surface area contributed by atoms with E-state index >= 15 is 0 Å². The summed E-state index contributed by atoms with van der Waals surface area (Å²) in [6.07, 6.45) is 0. The molecular weight excluding hydrogens is 316 g/mol. The molecule has 0 saturated carbocycles. The molecule has 0 spiro atoms. The van der Waals surface area contributed by atoms with Gasteiger partial charge in [-0.2, -0.15) is 0 Å². The molecule has 0 radical (unpaired) electrons. The lowest BCUT2D eigenvalue weighted by Crippen LogP contribution is -3.01. The van der Waals surface area contributed by atoms with Crippen molar-refractivity contribution >= 4 is 12.0 Å². The molecule has 2 atom stereocenters. The van der Waals surface area contributed by atoms with Crippen molar-refractivity contribution in [3.63, 3.8) is 0 Å². The van der Waals surface area contributed by atoms with E-state index in [9.17, 15) is 4.79 Å². The van der Waals surface area contributed by atoms with Crippen molar-refractivity contribution in [2.45, 2.75) is 11.3 Å². The Morgan fingerprint density at radius 1 is 0.920 bits per heavy atom. The van der Waals surface area contributed by atoms with Crippen LogP contribution < -0.4 is 21.6 Å². The largest absolute Gasteiger partial charge is 0.360 e. The Labute approximate surface area is 146 Å². The molecule has 4 rings (SSSR count). The Morgan fingerprint density at radius 3 is 2.08 bits per heavy atom. The second kappa shape index (κ2) is 5.22. The first-order chi connectivity index (χ1) is 12.0. The van der Waals surface area contributed by atoms with Crippen LogP contribution in [-0.2, 0) is 11.3 Å². The SMILES string of the molecule is CN1C(=O)N(C)[C@@]2(c3ccccc3)[NH+]=C(N)NN[C@]12c1ccccc1. The van der Waals surface area contributed by atoms with Crippen LogP contribution in [0.2, 0.25) is 0 Å². The smallest absolute Gasteiger partial charge is 0.297 e. The average Bonchev–Trinajstić information content (AvgIpc) is 2.83. The normalized spacial score (nSPS) is 28.4. The molecule has 2 amide bonds. The standard InChI is InChI=1S/C18H20N6O/c1-23-16(25)24(2)18(14-11-7-4-8-12-14)17(23,20-15(19)21-22-18)13-9-5-3-6-10-13/h3-12,22H,1-2H3,(H3,19,20,21)/p+1/t17-,18-/m1/s1. The molecule has 1 saturated heterocycles. The highest BCUT2D eigenvalue weighted by atomic mass is 16.2. The van der Waals surface area contributed by atoms with Gasteiger partial charge in [0.2, 0.25) is 11.3 Å². The Kier molecular flexibility index (Phi) is 3.23. The van der Waals surface area contributed by atoms with Gasteiger partial charge in [-0.25, -0.2) is 15.2 Å². The summed E-state index contributed by atoms with van der Waals surface area (Å²) >= 11 is 0. The van der Waals surface area contributed by atoms with Gasteiger partial charge in [0, 0.05) is 25.2 Å². The predicted octanol–water partition coefficient (Wildman–Crippen LogP) is -0.807. The van der Waals surface area contributed by atoms with Crippen LogP contribution in [0, 0.1) is 0 Å². The Bertz CT molecular complexity index is 839. The molecule has 25 heavy (non-hydrogen) atoms. The number of fused-ring (bicyclic) bond motifs is 1. The molecule has 2 aliphatic rings. The van der Waals surface area contributed by atoms with Crippen molar-refractivity contribution in [1.82, 2.24) is 20.7 Å². The van der Waals surface area contributed by atoms with Crippen LogP contribution in [-0.4, -0.2) is 35.9 Å². The van der Waals surface area contributed by atoms with Crippen molar-refractivity contribution in [2.24, 2.45) is 5.73 Å². The molecule has 0 bridgehead atoms. The maximum Gasteiger partial charge on any atom is 0.360 e. The summed E-state index contributed by atoms with van der Waals surface area (Å²) in [5.74, 6) is 0.352. The van der Waals surface area contributed by atoms with E-state index in [1.54, 1.807) is 23.9 Å². The molecular formula is C18H21N6O+. The summed E-state index contributed by atoms with van der Waals surface area (Å²) < 4.78 is 0. The number of nitrogens with two attached hydrogens (primary N) is 1. The molecule has 0 unspecified atom stereocenters. The van der Waals surface area contributed by atoms with Crippen molar-refractivity contribution < 1.29 is 9.79 Å². The van der Waals surface area contributed by atoms with Gasteiger partial charge in [0.25, 0.3) is 0 Å². The minimum atomic E-state index is -0.920. The van der Waals surface area contributed by atoms with Crippen LogP contribution in [0.1, 0.15) is 11.1 Å². The molecule has 7 heteroatoms. The second-order valence-electron chi connectivity index (χ2n) is 6.34. The topological polar surface area (TPSA) is 87.6 Å². The average molecular weight is 337 g/mol. The third kappa shape index (κ3) is 1.78. The van der Waals surface area contributed by atoms with E-state index in [4.69, 9.17) is 5.73 Å². The Hall–Kier alpha value is -3.06. The summed E-state index contributed by atoms with van der Waals surface area (Å²) in [5.41, 5.74) is 12.4. The number of carbonyl (C=O) groups is 1. The number of likely N-dealkylation sites (N-methyl/N-ethyl adjacent to an activating group) is 2. The van der Waals surface area contributed by atoms with Gasteiger partial charge in [0.05, 0.1) is 0 Å². The molecule has 2 aliphatic heterocycles. The van der Waals surface area contributed by atoms with Crippen molar-refractivity contribution in [2.75, 3.05) is 14.1 Å². The number of amides is 2. The number of guanidine groups is 1. The number of hydrogen-bond acceptors (Lipinski definition) is 4. The highest BCUT2D eigenvalue weighted by molar-refractivity contribution is 5.81. The molecule has 128 valence electrons. The maximum absolute atomic E-state index is 13.0. The molecule has 1 fully saturated rings. The number of nitrogens with zero attached hydrogens (tertiary/aromatic N) is 2. The number of carbonyl (C=O) groups excluding carboxylic acids is 1. The van der Waals surface area contributed by atoms with Crippen molar-refractivity contribution in [3.8, 4) is 0 Å². The van der Waals surface area contributed by atoms with Crippen LogP contribution in [0.4, 0.5) is 4.79 Å². The van der Waals surface area contributed by atoms with E-state index in [1.807, 2.05) is 60.7 Å². The fourth-order valence-corrected chi connectivity index (χ4v) is 4.04. The van der Waals surface area contributed by atoms with Gasteiger partial charge < -0.3 is 0 Å². The highest BCUT2D eigenvalue weighted by Gasteiger charge is 2.71. The van der Waals surface area contributed by atoms with E-state index < -0.39 is 11.3 Å². The minimum absolute atomic E-state index is 0.121. The summed E-state index contributed by atoms with van der Waals surface area (Å²) in [6.45, 7) is 0. The van der Waals surface area contributed by atoms with Gasteiger partial charge in [-0.05, 0) is 0 Å². The highest BCUT2D eigenvalue weighted by Crippen LogP contribution is 2.47. The zero-order chi connectivity index (χ0) is 17.7. The molecule has 2 heterocycles. The van der Waals surface area contributed by atoms with Gasteiger partial charge in [0.1, 0.15) is 0 Å². The van der Waals surface area contributed by atoms with E-state index in [0.29, 0.717) is 5.96 Å². The number of hydrogen-bond donors (Lipinski definition) is 4. The molecule has 2 aromatic carbocycles. The number of rotatable bonds is 2. The van der Waals surface area contributed by atoms with Gasteiger partial charge in [0.15, 0.2) is 0 Å². The van der Waals surface area contributed by atoms with Crippen LogP contribution in [0.3, 0.4) is 0 Å². The van der Waals surface area contributed by atoms with Crippen molar-refractivity contribution in [1.29, 1.82) is 0 Å². The monoisotopic (exact) mass is 337 g/mol.